The molecule has 18 heavy (non-hydrogen) atoms. The largest absolute Gasteiger partial charge is 0.506 e. The molecule has 1 amide bonds. The van der Waals surface area contributed by atoms with Gasteiger partial charge in [-0.3, -0.25) is 4.90 Å². The van der Waals surface area contributed by atoms with Gasteiger partial charge in [0.2, 0.25) is 0 Å². The molecular weight excluding hydrogens is 232 g/mol. The summed E-state index contributed by atoms with van der Waals surface area (Å²) in [4.78, 5) is 13.4. The molecule has 2 fully saturated rings. The van der Waals surface area contributed by atoms with Crippen LogP contribution in [0.1, 0.15) is 6.42 Å². The smallest absolute Gasteiger partial charge is 0.414 e. The maximum absolute atomic E-state index is 11.9. The number of phenols is 1. The Morgan fingerprint density at radius 3 is 2.94 bits per heavy atom. The second kappa shape index (κ2) is 4.49. The van der Waals surface area contributed by atoms with Crippen LogP contribution in [-0.2, 0) is 4.74 Å². The van der Waals surface area contributed by atoms with Crippen LogP contribution >= 0.6 is 0 Å². The van der Waals surface area contributed by atoms with Gasteiger partial charge in [-0.2, -0.15) is 0 Å². The Bertz CT molecular complexity index is 457. The summed E-state index contributed by atoms with van der Waals surface area (Å²) in [5.74, 6) is 0.490. The van der Waals surface area contributed by atoms with Crippen LogP contribution in [0.2, 0.25) is 0 Å². The third-order valence-corrected chi connectivity index (χ3v) is 3.63. The molecule has 2 saturated heterocycles. The number of benzene rings is 1. The third kappa shape index (κ3) is 1.90. The number of amides is 1. The lowest BCUT2D eigenvalue weighted by Gasteiger charge is -2.16. The van der Waals surface area contributed by atoms with Crippen molar-refractivity contribution >= 4 is 11.8 Å². The molecule has 2 N–H and O–H groups in total. The van der Waals surface area contributed by atoms with E-state index in [-0.39, 0.29) is 17.9 Å². The summed E-state index contributed by atoms with van der Waals surface area (Å²) >= 11 is 0. The van der Waals surface area contributed by atoms with Crippen molar-refractivity contribution in [2.24, 2.45) is 5.92 Å². The van der Waals surface area contributed by atoms with Gasteiger partial charge in [-0.25, -0.2) is 4.79 Å². The zero-order valence-corrected chi connectivity index (χ0v) is 10.0. The zero-order valence-electron chi connectivity index (χ0n) is 10.0. The molecule has 0 bridgehead atoms. The Labute approximate surface area is 105 Å². The Balaban J connectivity index is 1.78. The fraction of sp³-hybridized carbons (Fsp3) is 0.462. The number of aromatic hydroxyl groups is 1. The van der Waals surface area contributed by atoms with Gasteiger partial charge in [-0.05, 0) is 25.1 Å². The van der Waals surface area contributed by atoms with Crippen LogP contribution in [0, 0.1) is 5.92 Å². The molecule has 0 spiro atoms. The van der Waals surface area contributed by atoms with Crippen molar-refractivity contribution in [3.05, 3.63) is 24.3 Å². The number of nitrogens with zero attached hydrogens (tertiary/aromatic N) is 1. The number of carbonyl (C=O) groups is 1. The normalized spacial score (nSPS) is 27.6. The fourth-order valence-electron chi connectivity index (χ4n) is 2.61. The number of nitrogens with one attached hydrogen (secondary N) is 1. The quantitative estimate of drug-likeness (QED) is 0.828. The van der Waals surface area contributed by atoms with Crippen LogP contribution in [0.25, 0.3) is 0 Å². The number of anilines is 1. The molecule has 0 aliphatic carbocycles. The fourth-order valence-corrected chi connectivity index (χ4v) is 2.61. The topological polar surface area (TPSA) is 61.8 Å². The first kappa shape index (κ1) is 11.3. The lowest BCUT2D eigenvalue weighted by atomic mass is 10.0. The number of ether oxygens (including phenoxy) is 1. The van der Waals surface area contributed by atoms with E-state index >= 15 is 0 Å². The highest BCUT2D eigenvalue weighted by molar-refractivity contribution is 5.91. The van der Waals surface area contributed by atoms with Gasteiger partial charge in [0.1, 0.15) is 11.9 Å². The van der Waals surface area contributed by atoms with Crippen molar-refractivity contribution in [2.75, 3.05) is 24.5 Å². The maximum Gasteiger partial charge on any atom is 0.414 e. The molecule has 2 atom stereocenters. The molecule has 2 unspecified atom stereocenters. The molecule has 96 valence electrons. The van der Waals surface area contributed by atoms with Crippen molar-refractivity contribution in [1.82, 2.24) is 5.32 Å². The Hall–Kier alpha value is -1.75. The highest BCUT2D eigenvalue weighted by Gasteiger charge is 2.39. The lowest BCUT2D eigenvalue weighted by Crippen LogP contribution is -2.28. The van der Waals surface area contributed by atoms with Crippen molar-refractivity contribution in [1.29, 1.82) is 0 Å². The molecule has 1 aromatic carbocycles. The molecule has 0 aromatic heterocycles. The number of rotatable bonds is 2. The molecule has 1 aromatic rings. The predicted octanol–water partition coefficient (Wildman–Crippen LogP) is 1.33. The minimum absolute atomic E-state index is 0.0768. The first-order valence-electron chi connectivity index (χ1n) is 6.22. The average Bonchev–Trinajstić information content (AvgIpc) is 2.99. The second-order valence-corrected chi connectivity index (χ2v) is 4.77. The summed E-state index contributed by atoms with van der Waals surface area (Å²) in [7, 11) is 0. The van der Waals surface area contributed by atoms with E-state index in [9.17, 15) is 9.90 Å². The standard InChI is InChI=1S/C13H16N2O3/c16-11-4-2-1-3-10(11)15-8-12(18-13(15)17)9-5-6-14-7-9/h1-4,9,12,14,16H,5-8H2. The highest BCUT2D eigenvalue weighted by Crippen LogP contribution is 2.32. The molecule has 2 aliphatic heterocycles. The third-order valence-electron chi connectivity index (χ3n) is 3.63. The zero-order chi connectivity index (χ0) is 12.5. The molecule has 2 heterocycles. The highest BCUT2D eigenvalue weighted by atomic mass is 16.6. The number of hydrogen-bond acceptors (Lipinski definition) is 4. The summed E-state index contributed by atoms with van der Waals surface area (Å²) in [5.41, 5.74) is 0.524. The summed E-state index contributed by atoms with van der Waals surface area (Å²) in [5, 5.41) is 13.0. The summed E-state index contributed by atoms with van der Waals surface area (Å²) in [6.07, 6.45) is 0.590. The number of carbonyl (C=O) groups excluding carboxylic acids is 1. The number of cyclic esters (lactones) is 1. The van der Waals surface area contributed by atoms with Gasteiger partial charge < -0.3 is 15.2 Å². The van der Waals surface area contributed by atoms with E-state index in [2.05, 4.69) is 5.32 Å². The van der Waals surface area contributed by atoms with Gasteiger partial charge in [0.05, 0.1) is 12.2 Å². The van der Waals surface area contributed by atoms with E-state index in [4.69, 9.17) is 4.74 Å². The van der Waals surface area contributed by atoms with E-state index in [0.29, 0.717) is 18.2 Å². The molecular formula is C13H16N2O3. The van der Waals surface area contributed by atoms with Gasteiger partial charge in [0, 0.05) is 12.5 Å². The van der Waals surface area contributed by atoms with Gasteiger partial charge in [-0.1, -0.05) is 12.1 Å². The van der Waals surface area contributed by atoms with Crippen molar-refractivity contribution in [3.63, 3.8) is 0 Å². The minimum Gasteiger partial charge on any atom is -0.506 e. The van der Waals surface area contributed by atoms with Crippen LogP contribution in [-0.4, -0.2) is 36.9 Å². The summed E-state index contributed by atoms with van der Waals surface area (Å²) < 4.78 is 5.40. The van der Waals surface area contributed by atoms with E-state index in [1.807, 2.05) is 0 Å². The minimum atomic E-state index is -0.367. The Morgan fingerprint density at radius 2 is 2.22 bits per heavy atom. The number of hydrogen-bond donors (Lipinski definition) is 2. The predicted molar refractivity (Wildman–Crippen MR) is 66.7 cm³/mol. The number of para-hydroxylation sites is 2. The molecule has 0 radical (unpaired) electrons. The van der Waals surface area contributed by atoms with E-state index in [0.717, 1.165) is 19.5 Å². The van der Waals surface area contributed by atoms with E-state index in [1.165, 1.54) is 4.90 Å². The van der Waals surface area contributed by atoms with Crippen LogP contribution in [0.15, 0.2) is 24.3 Å². The van der Waals surface area contributed by atoms with Gasteiger partial charge in [-0.15, -0.1) is 0 Å². The SMILES string of the molecule is O=C1OC(C2CCNC2)CN1c1ccccc1O. The lowest BCUT2D eigenvalue weighted by molar-refractivity contribution is 0.111. The maximum atomic E-state index is 11.9. The van der Waals surface area contributed by atoms with Crippen LogP contribution in [0.5, 0.6) is 5.75 Å². The van der Waals surface area contributed by atoms with Gasteiger partial charge in [0.15, 0.2) is 0 Å². The second-order valence-electron chi connectivity index (χ2n) is 4.77. The Morgan fingerprint density at radius 1 is 1.39 bits per heavy atom. The van der Waals surface area contributed by atoms with Crippen LogP contribution in [0.4, 0.5) is 10.5 Å². The van der Waals surface area contributed by atoms with E-state index in [1.54, 1.807) is 24.3 Å². The Kier molecular flexibility index (Phi) is 2.83. The summed E-state index contributed by atoms with van der Waals surface area (Å²) in [6, 6.07) is 6.84. The first-order chi connectivity index (χ1) is 8.75. The molecule has 5 nitrogen and oxygen atoms in total. The van der Waals surface area contributed by atoms with Crippen molar-refractivity contribution in [3.8, 4) is 5.75 Å². The van der Waals surface area contributed by atoms with Crippen LogP contribution < -0.4 is 10.2 Å². The molecule has 5 heteroatoms. The van der Waals surface area contributed by atoms with Crippen molar-refractivity contribution < 1.29 is 14.6 Å². The first-order valence-corrected chi connectivity index (χ1v) is 6.22. The van der Waals surface area contributed by atoms with Gasteiger partial charge >= 0.3 is 6.09 Å². The monoisotopic (exact) mass is 248 g/mol. The molecule has 0 saturated carbocycles. The van der Waals surface area contributed by atoms with E-state index < -0.39 is 0 Å². The van der Waals surface area contributed by atoms with Crippen LogP contribution in [0.3, 0.4) is 0 Å². The molecule has 2 aliphatic rings. The number of phenolic OH excluding ortho intramolecular Hbond substituents is 1. The molecule has 3 rings (SSSR count). The summed E-state index contributed by atoms with van der Waals surface area (Å²) in [6.45, 7) is 2.39. The average molecular weight is 248 g/mol. The van der Waals surface area contributed by atoms with Gasteiger partial charge in [0.25, 0.3) is 0 Å². The van der Waals surface area contributed by atoms with Crippen molar-refractivity contribution in [2.45, 2.75) is 12.5 Å².